The fourth-order valence-corrected chi connectivity index (χ4v) is 2.48. The minimum Gasteiger partial charge on any atom is -0.303 e. The van der Waals surface area contributed by atoms with E-state index in [1.54, 1.807) is 0 Å². The largest absolute Gasteiger partial charge is 0.303 e. The van der Waals surface area contributed by atoms with Crippen molar-refractivity contribution >= 4 is 5.78 Å². The van der Waals surface area contributed by atoms with E-state index in [0.29, 0.717) is 18.2 Å². The highest BCUT2D eigenvalue weighted by Crippen LogP contribution is 2.17. The summed E-state index contributed by atoms with van der Waals surface area (Å²) >= 11 is 0. The molecular formula is C13H26N2O. The predicted octanol–water partition coefficient (Wildman–Crippen LogP) is 1.77. The van der Waals surface area contributed by atoms with Gasteiger partial charge in [-0.3, -0.25) is 9.69 Å². The number of rotatable bonds is 5. The van der Waals surface area contributed by atoms with Crippen molar-refractivity contribution in [1.29, 1.82) is 0 Å². The molecule has 0 aromatic rings. The molecule has 0 N–H and O–H groups in total. The van der Waals surface area contributed by atoms with E-state index in [1.807, 2.05) is 13.8 Å². The van der Waals surface area contributed by atoms with Gasteiger partial charge in [0.05, 0.1) is 6.04 Å². The Bertz CT molecular complexity index is 222. The van der Waals surface area contributed by atoms with E-state index in [-0.39, 0.29) is 6.04 Å². The van der Waals surface area contributed by atoms with Crippen molar-refractivity contribution in [2.45, 2.75) is 52.1 Å². The summed E-state index contributed by atoms with van der Waals surface area (Å²) in [7, 11) is 2.10. The van der Waals surface area contributed by atoms with Gasteiger partial charge in [-0.25, -0.2) is 0 Å². The van der Waals surface area contributed by atoms with Crippen LogP contribution in [0.2, 0.25) is 0 Å². The van der Waals surface area contributed by atoms with Crippen LogP contribution >= 0.6 is 0 Å². The van der Waals surface area contributed by atoms with E-state index in [4.69, 9.17) is 0 Å². The van der Waals surface area contributed by atoms with Crippen LogP contribution in [-0.4, -0.2) is 54.3 Å². The smallest absolute Gasteiger partial charge is 0.149 e. The summed E-state index contributed by atoms with van der Waals surface area (Å²) in [6, 6.07) is 0.677. The second-order valence-corrected chi connectivity index (χ2v) is 4.83. The number of Topliss-reactive ketones (excluding diaryl/α,β-unsaturated/α-hetero) is 1. The van der Waals surface area contributed by atoms with Gasteiger partial charge in [0.1, 0.15) is 5.78 Å². The predicted molar refractivity (Wildman–Crippen MR) is 67.7 cm³/mol. The summed E-state index contributed by atoms with van der Waals surface area (Å²) in [5, 5.41) is 0. The van der Waals surface area contributed by atoms with Gasteiger partial charge in [0.25, 0.3) is 0 Å². The third-order valence-electron chi connectivity index (χ3n) is 4.01. The average Bonchev–Trinajstić information content (AvgIpc) is 2.36. The summed E-state index contributed by atoms with van der Waals surface area (Å²) in [6.45, 7) is 9.72. The first-order valence-electron chi connectivity index (χ1n) is 6.57. The zero-order valence-corrected chi connectivity index (χ0v) is 11.2. The Morgan fingerprint density at radius 2 is 1.94 bits per heavy atom. The highest BCUT2D eigenvalue weighted by molar-refractivity contribution is 5.83. The van der Waals surface area contributed by atoms with Gasteiger partial charge < -0.3 is 4.90 Å². The first-order chi connectivity index (χ1) is 7.60. The standard InChI is InChI=1S/C13H26N2O/c1-5-13(16)11(3)14(4)12-7-9-15(6-2)10-8-12/h11-12H,5-10H2,1-4H3. The van der Waals surface area contributed by atoms with Gasteiger partial charge in [0.15, 0.2) is 0 Å². The summed E-state index contributed by atoms with van der Waals surface area (Å²) in [5.74, 6) is 0.362. The van der Waals surface area contributed by atoms with Crippen LogP contribution in [0.15, 0.2) is 0 Å². The number of hydrogen-bond acceptors (Lipinski definition) is 3. The molecule has 3 nitrogen and oxygen atoms in total. The molecule has 0 aromatic heterocycles. The molecule has 0 aliphatic carbocycles. The van der Waals surface area contributed by atoms with Crippen molar-refractivity contribution in [2.24, 2.45) is 0 Å². The van der Waals surface area contributed by atoms with Crippen molar-refractivity contribution < 1.29 is 4.79 Å². The van der Waals surface area contributed by atoms with Gasteiger partial charge in [-0.15, -0.1) is 0 Å². The highest BCUT2D eigenvalue weighted by atomic mass is 16.1. The monoisotopic (exact) mass is 226 g/mol. The van der Waals surface area contributed by atoms with Crippen LogP contribution in [-0.2, 0) is 4.79 Å². The zero-order valence-electron chi connectivity index (χ0n) is 11.2. The molecule has 1 rings (SSSR count). The van der Waals surface area contributed by atoms with E-state index < -0.39 is 0 Å². The molecule has 0 amide bonds. The molecule has 0 saturated carbocycles. The number of likely N-dealkylation sites (N-methyl/N-ethyl adjacent to an activating group) is 1. The van der Waals surface area contributed by atoms with Crippen LogP contribution in [0.4, 0.5) is 0 Å². The number of carbonyl (C=O) groups is 1. The lowest BCUT2D eigenvalue weighted by Gasteiger charge is -2.38. The normalized spacial score (nSPS) is 21.3. The molecular weight excluding hydrogens is 200 g/mol. The Labute approximate surface area is 99.8 Å². The third-order valence-corrected chi connectivity index (χ3v) is 4.01. The van der Waals surface area contributed by atoms with E-state index >= 15 is 0 Å². The van der Waals surface area contributed by atoms with Crippen molar-refractivity contribution in [3.8, 4) is 0 Å². The molecule has 16 heavy (non-hydrogen) atoms. The van der Waals surface area contributed by atoms with Crippen molar-refractivity contribution in [3.05, 3.63) is 0 Å². The van der Waals surface area contributed by atoms with Gasteiger partial charge >= 0.3 is 0 Å². The van der Waals surface area contributed by atoms with Gasteiger partial charge in [0.2, 0.25) is 0 Å². The van der Waals surface area contributed by atoms with Crippen molar-refractivity contribution in [2.75, 3.05) is 26.7 Å². The van der Waals surface area contributed by atoms with Gasteiger partial charge in [0, 0.05) is 12.5 Å². The number of ketones is 1. The molecule has 1 heterocycles. The maximum absolute atomic E-state index is 11.7. The summed E-state index contributed by atoms with van der Waals surface area (Å²) in [5.41, 5.74) is 0. The minimum atomic E-state index is 0.0863. The SMILES string of the molecule is CCC(=O)C(C)N(C)C1CCN(CC)CC1. The molecule has 1 aliphatic rings. The summed E-state index contributed by atoms with van der Waals surface area (Å²) in [6.07, 6.45) is 3.05. The molecule has 1 aliphatic heterocycles. The number of piperidine rings is 1. The lowest BCUT2D eigenvalue weighted by molar-refractivity contribution is -0.124. The second kappa shape index (κ2) is 6.36. The topological polar surface area (TPSA) is 23.6 Å². The Kier molecular flexibility index (Phi) is 5.42. The number of carbonyl (C=O) groups excluding carboxylic acids is 1. The minimum absolute atomic E-state index is 0.0863. The molecule has 1 fully saturated rings. The summed E-state index contributed by atoms with van der Waals surface area (Å²) in [4.78, 5) is 16.4. The van der Waals surface area contributed by atoms with Crippen LogP contribution in [0, 0.1) is 0 Å². The van der Waals surface area contributed by atoms with Crippen LogP contribution in [0.25, 0.3) is 0 Å². The average molecular weight is 226 g/mol. The molecule has 0 radical (unpaired) electrons. The number of likely N-dealkylation sites (tertiary alicyclic amines) is 1. The van der Waals surface area contributed by atoms with Gasteiger partial charge in [-0.1, -0.05) is 13.8 Å². The second-order valence-electron chi connectivity index (χ2n) is 4.83. The Hall–Kier alpha value is -0.410. The number of hydrogen-bond donors (Lipinski definition) is 0. The van der Waals surface area contributed by atoms with Gasteiger partial charge in [-0.2, -0.15) is 0 Å². The molecule has 0 spiro atoms. The molecule has 0 aromatic carbocycles. The van der Waals surface area contributed by atoms with E-state index in [0.717, 1.165) is 6.54 Å². The lowest BCUT2D eigenvalue weighted by atomic mass is 10.0. The fraction of sp³-hybridized carbons (Fsp3) is 0.923. The van der Waals surface area contributed by atoms with Crippen LogP contribution in [0.3, 0.4) is 0 Å². The zero-order chi connectivity index (χ0) is 12.1. The first kappa shape index (κ1) is 13.7. The van der Waals surface area contributed by atoms with Crippen molar-refractivity contribution in [3.63, 3.8) is 0 Å². The Morgan fingerprint density at radius 1 is 1.38 bits per heavy atom. The number of nitrogens with zero attached hydrogens (tertiary/aromatic N) is 2. The van der Waals surface area contributed by atoms with E-state index in [2.05, 4.69) is 23.8 Å². The third kappa shape index (κ3) is 3.29. The summed E-state index contributed by atoms with van der Waals surface area (Å²) < 4.78 is 0. The van der Waals surface area contributed by atoms with E-state index in [1.165, 1.54) is 25.9 Å². The fourth-order valence-electron chi connectivity index (χ4n) is 2.48. The maximum Gasteiger partial charge on any atom is 0.149 e. The maximum atomic E-state index is 11.7. The van der Waals surface area contributed by atoms with Crippen LogP contribution < -0.4 is 0 Å². The molecule has 1 saturated heterocycles. The quantitative estimate of drug-likeness (QED) is 0.714. The van der Waals surface area contributed by atoms with E-state index in [9.17, 15) is 4.79 Å². The highest BCUT2D eigenvalue weighted by Gasteiger charge is 2.26. The molecule has 1 atom stereocenters. The molecule has 1 unspecified atom stereocenters. The van der Waals surface area contributed by atoms with Crippen LogP contribution in [0.5, 0.6) is 0 Å². The van der Waals surface area contributed by atoms with Crippen molar-refractivity contribution in [1.82, 2.24) is 9.80 Å². The lowest BCUT2D eigenvalue weighted by Crippen LogP contribution is -2.48. The Morgan fingerprint density at radius 3 is 2.38 bits per heavy atom. The molecule has 94 valence electrons. The molecule has 3 heteroatoms. The molecule has 0 bridgehead atoms. The van der Waals surface area contributed by atoms with Gasteiger partial charge in [-0.05, 0) is 46.4 Å². The van der Waals surface area contributed by atoms with Crippen LogP contribution in [0.1, 0.15) is 40.0 Å². The Balaban J connectivity index is 2.43. The first-order valence-corrected chi connectivity index (χ1v) is 6.57.